The number of hydrogen-bond acceptors (Lipinski definition) is 3. The number of carboxylic acids is 1. The van der Waals surface area contributed by atoms with Gasteiger partial charge in [-0.15, -0.1) is 0 Å². The van der Waals surface area contributed by atoms with Crippen LogP contribution in [0.2, 0.25) is 5.02 Å². The molecule has 1 heterocycles. The molecule has 0 aliphatic heterocycles. The largest absolute Gasteiger partial charge is 0.545 e. The summed E-state index contributed by atoms with van der Waals surface area (Å²) < 4.78 is 1.62. The Balaban J connectivity index is 2.54. The Labute approximate surface area is 123 Å². The van der Waals surface area contributed by atoms with Crippen molar-refractivity contribution < 1.29 is 9.90 Å². The van der Waals surface area contributed by atoms with E-state index in [9.17, 15) is 9.90 Å². The zero-order valence-electron chi connectivity index (χ0n) is 11.7. The SMILES string of the molecule is Cc1c(C(=O)[O-])c(CC(C)C)nn1-c1ccc(Cl)cc1. The van der Waals surface area contributed by atoms with Crippen LogP contribution in [0.5, 0.6) is 0 Å². The van der Waals surface area contributed by atoms with E-state index < -0.39 is 5.97 Å². The maximum atomic E-state index is 11.3. The highest BCUT2D eigenvalue weighted by Gasteiger charge is 2.17. The van der Waals surface area contributed by atoms with Gasteiger partial charge < -0.3 is 9.90 Å². The van der Waals surface area contributed by atoms with Crippen molar-refractivity contribution in [1.82, 2.24) is 9.78 Å². The van der Waals surface area contributed by atoms with Crippen LogP contribution in [0.25, 0.3) is 5.69 Å². The highest BCUT2D eigenvalue weighted by Crippen LogP contribution is 2.21. The lowest BCUT2D eigenvalue weighted by atomic mass is 10.0. The minimum atomic E-state index is -1.18. The molecule has 0 unspecified atom stereocenters. The summed E-state index contributed by atoms with van der Waals surface area (Å²) in [4.78, 5) is 11.3. The Bertz CT molecular complexity index is 630. The summed E-state index contributed by atoms with van der Waals surface area (Å²) in [5.41, 5.74) is 2.11. The number of hydrogen-bond donors (Lipinski definition) is 0. The molecule has 0 radical (unpaired) electrons. The van der Waals surface area contributed by atoms with Gasteiger partial charge in [0.25, 0.3) is 0 Å². The van der Waals surface area contributed by atoms with Crippen LogP contribution in [0, 0.1) is 12.8 Å². The summed E-state index contributed by atoms with van der Waals surface area (Å²) in [5.74, 6) is -0.862. The summed E-state index contributed by atoms with van der Waals surface area (Å²) in [6.45, 7) is 5.78. The number of halogens is 1. The van der Waals surface area contributed by atoms with Crippen LogP contribution in [0.4, 0.5) is 0 Å². The van der Waals surface area contributed by atoms with E-state index in [0.717, 1.165) is 5.69 Å². The molecule has 2 aromatic rings. The monoisotopic (exact) mass is 291 g/mol. The summed E-state index contributed by atoms with van der Waals surface area (Å²) >= 11 is 5.86. The summed E-state index contributed by atoms with van der Waals surface area (Å²) in [6, 6.07) is 7.11. The Morgan fingerprint density at radius 3 is 2.45 bits per heavy atom. The van der Waals surface area contributed by atoms with E-state index in [1.165, 1.54) is 0 Å². The molecule has 0 aliphatic carbocycles. The first-order valence-electron chi connectivity index (χ1n) is 6.46. The smallest absolute Gasteiger partial charge is 0.0752 e. The summed E-state index contributed by atoms with van der Waals surface area (Å²) in [7, 11) is 0. The van der Waals surface area contributed by atoms with Gasteiger partial charge in [-0.25, -0.2) is 4.68 Å². The first-order chi connectivity index (χ1) is 9.40. The van der Waals surface area contributed by atoms with Gasteiger partial charge in [-0.3, -0.25) is 0 Å². The van der Waals surface area contributed by atoms with E-state index in [1.807, 2.05) is 13.8 Å². The zero-order chi connectivity index (χ0) is 14.9. The van der Waals surface area contributed by atoms with E-state index in [-0.39, 0.29) is 5.56 Å². The molecular formula is C15H16ClN2O2-. The molecule has 0 saturated heterocycles. The summed E-state index contributed by atoms with van der Waals surface area (Å²) in [5, 5.41) is 16.4. The second-order valence-electron chi connectivity index (χ2n) is 5.18. The third-order valence-corrected chi connectivity index (χ3v) is 3.32. The van der Waals surface area contributed by atoms with Gasteiger partial charge in [0.15, 0.2) is 0 Å². The predicted octanol–water partition coefficient (Wildman–Crippen LogP) is 2.40. The van der Waals surface area contributed by atoms with Gasteiger partial charge >= 0.3 is 0 Å². The maximum Gasteiger partial charge on any atom is 0.0752 e. The second kappa shape index (κ2) is 5.67. The number of aromatic nitrogens is 2. The first kappa shape index (κ1) is 14.6. The van der Waals surface area contributed by atoms with Gasteiger partial charge in [0.2, 0.25) is 0 Å². The number of carboxylic acid groups (broad SMARTS) is 1. The highest BCUT2D eigenvalue weighted by atomic mass is 35.5. The molecule has 4 nitrogen and oxygen atoms in total. The normalized spacial score (nSPS) is 11.1. The minimum Gasteiger partial charge on any atom is -0.545 e. The highest BCUT2D eigenvalue weighted by molar-refractivity contribution is 6.30. The quantitative estimate of drug-likeness (QED) is 0.869. The Kier molecular flexibility index (Phi) is 4.14. The number of benzene rings is 1. The fourth-order valence-electron chi connectivity index (χ4n) is 2.19. The van der Waals surface area contributed by atoms with E-state index in [2.05, 4.69) is 5.10 Å². The topological polar surface area (TPSA) is 57.9 Å². The lowest BCUT2D eigenvalue weighted by Gasteiger charge is -2.06. The molecule has 1 aromatic carbocycles. The average Bonchev–Trinajstić information content (AvgIpc) is 2.66. The molecule has 0 saturated carbocycles. The van der Waals surface area contributed by atoms with Gasteiger partial charge in [-0.1, -0.05) is 25.4 Å². The Hall–Kier alpha value is -1.81. The van der Waals surface area contributed by atoms with Crippen LogP contribution >= 0.6 is 11.6 Å². The molecule has 106 valence electrons. The van der Waals surface area contributed by atoms with Crippen LogP contribution in [0.1, 0.15) is 35.6 Å². The van der Waals surface area contributed by atoms with Crippen molar-refractivity contribution in [2.75, 3.05) is 0 Å². The molecule has 5 heteroatoms. The molecule has 2 rings (SSSR count). The van der Waals surface area contributed by atoms with Crippen LogP contribution in [0.15, 0.2) is 24.3 Å². The van der Waals surface area contributed by atoms with E-state index in [4.69, 9.17) is 11.6 Å². The number of carbonyl (C=O) groups excluding carboxylic acids is 1. The number of carbonyl (C=O) groups is 1. The van der Waals surface area contributed by atoms with E-state index >= 15 is 0 Å². The van der Waals surface area contributed by atoms with Crippen LogP contribution < -0.4 is 5.11 Å². The first-order valence-corrected chi connectivity index (χ1v) is 6.83. The summed E-state index contributed by atoms with van der Waals surface area (Å²) in [6.07, 6.45) is 0.602. The number of rotatable bonds is 4. The molecule has 1 aromatic heterocycles. The number of nitrogens with zero attached hydrogens (tertiary/aromatic N) is 2. The van der Waals surface area contributed by atoms with Crippen molar-refractivity contribution in [3.05, 3.63) is 46.2 Å². The van der Waals surface area contributed by atoms with Crippen molar-refractivity contribution in [1.29, 1.82) is 0 Å². The fourth-order valence-corrected chi connectivity index (χ4v) is 2.32. The second-order valence-corrected chi connectivity index (χ2v) is 5.62. The van der Waals surface area contributed by atoms with Crippen molar-refractivity contribution >= 4 is 17.6 Å². The minimum absolute atomic E-state index is 0.189. The predicted molar refractivity (Wildman–Crippen MR) is 76.2 cm³/mol. The van der Waals surface area contributed by atoms with Gasteiger partial charge in [-0.2, -0.15) is 5.10 Å². The van der Waals surface area contributed by atoms with Gasteiger partial charge in [0, 0.05) is 10.6 Å². The molecule has 0 atom stereocenters. The van der Waals surface area contributed by atoms with Crippen molar-refractivity contribution in [2.24, 2.45) is 5.92 Å². The standard InChI is InChI=1S/C15H17ClN2O2/c1-9(2)8-13-14(15(19)20)10(3)18(17-13)12-6-4-11(16)5-7-12/h4-7,9H,8H2,1-3H3,(H,19,20)/p-1. The maximum absolute atomic E-state index is 11.3. The Morgan fingerprint density at radius 2 is 1.95 bits per heavy atom. The molecular weight excluding hydrogens is 276 g/mol. The van der Waals surface area contributed by atoms with Crippen molar-refractivity contribution in [2.45, 2.75) is 27.2 Å². The molecule has 0 aliphatic rings. The molecule has 0 fully saturated rings. The zero-order valence-corrected chi connectivity index (χ0v) is 12.4. The van der Waals surface area contributed by atoms with Crippen LogP contribution in [-0.4, -0.2) is 15.7 Å². The molecule has 0 spiro atoms. The molecule has 0 bridgehead atoms. The van der Waals surface area contributed by atoms with Crippen LogP contribution in [0.3, 0.4) is 0 Å². The van der Waals surface area contributed by atoms with Gasteiger partial charge in [-0.05, 0) is 43.5 Å². The van der Waals surface area contributed by atoms with E-state index in [0.29, 0.717) is 28.7 Å². The third-order valence-electron chi connectivity index (χ3n) is 3.07. The number of aromatic carboxylic acids is 1. The van der Waals surface area contributed by atoms with E-state index in [1.54, 1.807) is 35.9 Å². The molecule has 20 heavy (non-hydrogen) atoms. The fraction of sp³-hybridized carbons (Fsp3) is 0.333. The Morgan fingerprint density at radius 1 is 1.35 bits per heavy atom. The van der Waals surface area contributed by atoms with Crippen molar-refractivity contribution in [3.8, 4) is 5.69 Å². The average molecular weight is 292 g/mol. The van der Waals surface area contributed by atoms with Gasteiger partial charge in [0.05, 0.1) is 23.0 Å². The lowest BCUT2D eigenvalue weighted by Crippen LogP contribution is -2.24. The third kappa shape index (κ3) is 2.85. The molecule has 0 amide bonds. The molecule has 0 N–H and O–H groups in total. The van der Waals surface area contributed by atoms with Gasteiger partial charge in [0.1, 0.15) is 0 Å². The lowest BCUT2D eigenvalue weighted by molar-refractivity contribution is -0.255. The van der Waals surface area contributed by atoms with Crippen LogP contribution in [-0.2, 0) is 6.42 Å². The van der Waals surface area contributed by atoms with Crippen molar-refractivity contribution in [3.63, 3.8) is 0 Å².